The average Bonchev–Trinajstić information content (AvgIpc) is 3.12. The Balaban J connectivity index is 2.30. The van der Waals surface area contributed by atoms with Crippen molar-refractivity contribution in [1.82, 2.24) is 4.98 Å². The van der Waals surface area contributed by atoms with Crippen molar-refractivity contribution in [2.75, 3.05) is 0 Å². The molecule has 0 saturated heterocycles. The van der Waals surface area contributed by atoms with E-state index in [9.17, 15) is 10.1 Å². The zero-order chi connectivity index (χ0) is 20.0. The van der Waals surface area contributed by atoms with Crippen LogP contribution in [0.4, 0.5) is 0 Å². The standard InChI is InChI=1S/C21H20N2O3S/c1-5-18(15-6-8-17(9-7-15)26-13(2)3)16(11-22)10-14(4)20-23-12-19(27-20)21(24)25/h5-10,12-13H,4H2,1-3H3,(H,24,25)/b16-10-,18-5-. The molecule has 0 aliphatic heterocycles. The first-order chi connectivity index (χ1) is 12.8. The zero-order valence-corrected chi connectivity index (χ0v) is 16.2. The third kappa shape index (κ3) is 5.16. The van der Waals surface area contributed by atoms with Crippen LogP contribution in [-0.4, -0.2) is 22.2 Å². The van der Waals surface area contributed by atoms with E-state index < -0.39 is 5.97 Å². The average molecular weight is 380 g/mol. The summed E-state index contributed by atoms with van der Waals surface area (Å²) >= 11 is 1.02. The van der Waals surface area contributed by atoms with Crippen LogP contribution in [0.2, 0.25) is 0 Å². The number of aromatic carboxylic acids is 1. The van der Waals surface area contributed by atoms with Crippen LogP contribution < -0.4 is 4.74 Å². The van der Waals surface area contributed by atoms with Gasteiger partial charge in [0.05, 0.1) is 23.9 Å². The Labute approximate surface area is 162 Å². The quantitative estimate of drug-likeness (QED) is 0.527. The normalized spacial score (nSPS) is 12.0. The van der Waals surface area contributed by atoms with Gasteiger partial charge in [-0.1, -0.05) is 24.8 Å². The Kier molecular flexibility index (Phi) is 6.69. The Morgan fingerprint density at radius 3 is 2.52 bits per heavy atom. The fraction of sp³-hybridized carbons (Fsp3) is 0.190. The summed E-state index contributed by atoms with van der Waals surface area (Å²) in [6, 6.07) is 9.71. The number of aromatic nitrogens is 1. The summed E-state index contributed by atoms with van der Waals surface area (Å²) in [6.07, 6.45) is 4.85. The zero-order valence-electron chi connectivity index (χ0n) is 15.4. The number of carboxylic acids is 1. The molecule has 0 fully saturated rings. The Bertz CT molecular complexity index is 945. The third-order valence-corrected chi connectivity index (χ3v) is 4.61. The van der Waals surface area contributed by atoms with Gasteiger partial charge < -0.3 is 9.84 Å². The van der Waals surface area contributed by atoms with Gasteiger partial charge in [-0.15, -0.1) is 11.3 Å². The highest BCUT2D eigenvalue weighted by atomic mass is 32.1. The van der Waals surface area contributed by atoms with E-state index >= 15 is 0 Å². The summed E-state index contributed by atoms with van der Waals surface area (Å²) < 4.78 is 5.65. The summed E-state index contributed by atoms with van der Waals surface area (Å²) in [7, 11) is 0. The molecule has 1 heterocycles. The van der Waals surface area contributed by atoms with Crippen molar-refractivity contribution < 1.29 is 14.6 Å². The molecule has 0 atom stereocenters. The summed E-state index contributed by atoms with van der Waals surface area (Å²) in [5.41, 5.74) is 2.54. The fourth-order valence-electron chi connectivity index (χ4n) is 2.39. The van der Waals surface area contributed by atoms with Crippen molar-refractivity contribution in [3.8, 4) is 11.8 Å². The summed E-state index contributed by atoms with van der Waals surface area (Å²) in [4.78, 5) is 15.2. The molecule has 1 N–H and O–H groups in total. The van der Waals surface area contributed by atoms with Gasteiger partial charge in [0.25, 0.3) is 0 Å². The van der Waals surface area contributed by atoms with Crippen LogP contribution in [0.5, 0.6) is 5.75 Å². The molecule has 0 spiro atoms. The van der Waals surface area contributed by atoms with Crippen LogP contribution in [0, 0.1) is 11.3 Å². The number of rotatable bonds is 7. The molecule has 6 heteroatoms. The number of hydrogen-bond donors (Lipinski definition) is 1. The van der Waals surface area contributed by atoms with Gasteiger partial charge in [-0.05, 0) is 50.1 Å². The van der Waals surface area contributed by atoms with Crippen molar-refractivity contribution in [2.24, 2.45) is 0 Å². The van der Waals surface area contributed by atoms with E-state index in [1.165, 1.54) is 6.20 Å². The number of carboxylic acid groups (broad SMARTS) is 1. The maximum absolute atomic E-state index is 11.0. The van der Waals surface area contributed by atoms with E-state index in [0.717, 1.165) is 28.2 Å². The summed E-state index contributed by atoms with van der Waals surface area (Å²) in [6.45, 7) is 9.70. The van der Waals surface area contributed by atoms with E-state index in [1.54, 1.807) is 6.08 Å². The number of ether oxygens (including phenoxy) is 1. The van der Waals surface area contributed by atoms with Gasteiger partial charge in [0.2, 0.25) is 0 Å². The Hall–Kier alpha value is -3.17. The number of allylic oxidation sites excluding steroid dienone is 5. The van der Waals surface area contributed by atoms with E-state index in [0.29, 0.717) is 16.2 Å². The van der Waals surface area contributed by atoms with Gasteiger partial charge in [-0.3, -0.25) is 0 Å². The van der Waals surface area contributed by atoms with Crippen molar-refractivity contribution in [1.29, 1.82) is 5.26 Å². The van der Waals surface area contributed by atoms with Crippen LogP contribution in [-0.2, 0) is 0 Å². The molecular weight excluding hydrogens is 360 g/mol. The SMILES string of the molecule is C=C(/C=C(C#N)\C(=C/C)c1ccc(OC(C)C)cc1)c1ncc(C(=O)O)s1. The second-order valence-corrected chi connectivity index (χ2v) is 6.95. The molecule has 1 aromatic heterocycles. The first kappa shape index (κ1) is 20.1. The lowest BCUT2D eigenvalue weighted by molar-refractivity contribution is 0.0702. The van der Waals surface area contributed by atoms with Crippen molar-refractivity contribution in [3.63, 3.8) is 0 Å². The molecule has 2 rings (SSSR count). The van der Waals surface area contributed by atoms with Crippen molar-refractivity contribution in [2.45, 2.75) is 26.9 Å². The molecule has 0 bridgehead atoms. The molecule has 0 unspecified atom stereocenters. The van der Waals surface area contributed by atoms with Gasteiger partial charge in [0.15, 0.2) is 0 Å². The van der Waals surface area contributed by atoms with Gasteiger partial charge in [-0.25, -0.2) is 9.78 Å². The Morgan fingerprint density at radius 1 is 1.37 bits per heavy atom. The molecule has 2 aromatic rings. The van der Waals surface area contributed by atoms with Crippen LogP contribution in [0.3, 0.4) is 0 Å². The highest BCUT2D eigenvalue weighted by Gasteiger charge is 2.13. The van der Waals surface area contributed by atoms with E-state index in [1.807, 2.05) is 51.1 Å². The lowest BCUT2D eigenvalue weighted by Gasteiger charge is -2.11. The minimum absolute atomic E-state index is 0.0870. The molecule has 5 nitrogen and oxygen atoms in total. The summed E-state index contributed by atoms with van der Waals surface area (Å²) in [5.74, 6) is -0.269. The number of nitriles is 1. The minimum Gasteiger partial charge on any atom is -0.491 e. The fourth-order valence-corrected chi connectivity index (χ4v) is 3.09. The second kappa shape index (κ2) is 8.97. The maximum atomic E-state index is 11.0. The maximum Gasteiger partial charge on any atom is 0.347 e. The van der Waals surface area contributed by atoms with Crippen LogP contribution in [0.15, 0.2) is 54.8 Å². The number of benzene rings is 1. The molecule has 0 amide bonds. The van der Waals surface area contributed by atoms with Crippen molar-refractivity contribution >= 4 is 28.5 Å². The lowest BCUT2D eigenvalue weighted by Crippen LogP contribution is -2.05. The van der Waals surface area contributed by atoms with E-state index in [2.05, 4.69) is 17.6 Å². The molecule has 138 valence electrons. The highest BCUT2D eigenvalue weighted by Crippen LogP contribution is 2.29. The molecule has 0 aliphatic carbocycles. The number of thiazole rings is 1. The first-order valence-corrected chi connectivity index (χ1v) is 9.11. The monoisotopic (exact) mass is 380 g/mol. The first-order valence-electron chi connectivity index (χ1n) is 8.29. The number of nitrogens with zero attached hydrogens (tertiary/aromatic N) is 2. The largest absolute Gasteiger partial charge is 0.491 e. The van der Waals surface area contributed by atoms with Gasteiger partial charge in [0.1, 0.15) is 15.6 Å². The van der Waals surface area contributed by atoms with E-state index in [-0.39, 0.29) is 11.0 Å². The highest BCUT2D eigenvalue weighted by molar-refractivity contribution is 7.14. The van der Waals surface area contributed by atoms with Gasteiger partial charge >= 0.3 is 5.97 Å². The molecule has 27 heavy (non-hydrogen) atoms. The van der Waals surface area contributed by atoms with Crippen molar-refractivity contribution in [3.05, 3.63) is 70.2 Å². The Morgan fingerprint density at radius 2 is 2.04 bits per heavy atom. The molecular formula is C21H20N2O3S. The predicted octanol–water partition coefficient (Wildman–Crippen LogP) is 5.20. The number of hydrogen-bond acceptors (Lipinski definition) is 5. The molecule has 1 aromatic carbocycles. The summed E-state index contributed by atoms with van der Waals surface area (Å²) in [5, 5.41) is 19.1. The molecule has 0 saturated carbocycles. The second-order valence-electron chi connectivity index (χ2n) is 5.92. The predicted molar refractivity (Wildman–Crippen MR) is 108 cm³/mol. The minimum atomic E-state index is -1.03. The van der Waals surface area contributed by atoms with Gasteiger partial charge in [0, 0.05) is 5.57 Å². The topological polar surface area (TPSA) is 83.2 Å². The smallest absolute Gasteiger partial charge is 0.347 e. The lowest BCUT2D eigenvalue weighted by atomic mass is 9.97. The van der Waals surface area contributed by atoms with Gasteiger partial charge in [-0.2, -0.15) is 5.26 Å². The number of carbonyl (C=O) groups is 1. The van der Waals surface area contributed by atoms with Crippen LogP contribution in [0.1, 0.15) is 41.0 Å². The third-order valence-electron chi connectivity index (χ3n) is 3.55. The van der Waals surface area contributed by atoms with Crippen LogP contribution >= 0.6 is 11.3 Å². The van der Waals surface area contributed by atoms with Crippen LogP contribution in [0.25, 0.3) is 11.1 Å². The molecule has 0 radical (unpaired) electrons. The molecule has 0 aliphatic rings. The van der Waals surface area contributed by atoms with E-state index in [4.69, 9.17) is 9.84 Å².